The lowest BCUT2D eigenvalue weighted by molar-refractivity contribution is -0.120. The molecule has 29 heavy (non-hydrogen) atoms. The second kappa shape index (κ2) is 7.59. The molecular formula is C21H24N2O5S. The number of carbonyl (C=O) groups excluding carboxylic acids is 1. The summed E-state index contributed by atoms with van der Waals surface area (Å²) in [6.07, 6.45) is 4.41. The van der Waals surface area contributed by atoms with E-state index in [2.05, 4.69) is 17.4 Å². The van der Waals surface area contributed by atoms with Crippen molar-refractivity contribution < 1.29 is 22.7 Å². The van der Waals surface area contributed by atoms with Crippen molar-refractivity contribution in [2.75, 3.05) is 23.9 Å². The number of aryl methyl sites for hydroxylation is 2. The van der Waals surface area contributed by atoms with E-state index in [9.17, 15) is 13.2 Å². The Morgan fingerprint density at radius 1 is 1.10 bits per heavy atom. The van der Waals surface area contributed by atoms with Crippen molar-refractivity contribution in [2.24, 2.45) is 0 Å². The molecule has 0 saturated heterocycles. The average molecular weight is 416 g/mol. The summed E-state index contributed by atoms with van der Waals surface area (Å²) in [5.74, 6) is 0.640. The molecule has 1 amide bonds. The van der Waals surface area contributed by atoms with Crippen LogP contribution in [0.3, 0.4) is 0 Å². The van der Waals surface area contributed by atoms with Gasteiger partial charge in [0.2, 0.25) is 22.7 Å². The minimum atomic E-state index is -3.66. The zero-order chi connectivity index (χ0) is 20.6. The SMILES string of the molecule is C[C@H](NC(=O)CN(c1ccc2c(c1)OCO2)S(C)(=O)=O)c1ccc2c(c1)CCC2. The molecule has 0 unspecified atom stereocenters. The first kappa shape index (κ1) is 19.6. The van der Waals surface area contributed by atoms with Crippen molar-refractivity contribution in [1.82, 2.24) is 5.32 Å². The molecule has 0 radical (unpaired) electrons. The largest absolute Gasteiger partial charge is 0.454 e. The lowest BCUT2D eigenvalue weighted by Crippen LogP contribution is -2.41. The summed E-state index contributed by atoms with van der Waals surface area (Å²) in [6.45, 7) is 1.68. The fraction of sp³-hybridized carbons (Fsp3) is 0.381. The van der Waals surface area contributed by atoms with Gasteiger partial charge in [-0.15, -0.1) is 0 Å². The van der Waals surface area contributed by atoms with Gasteiger partial charge in [0.05, 0.1) is 18.0 Å². The third-order valence-electron chi connectivity index (χ3n) is 5.33. The zero-order valence-electron chi connectivity index (χ0n) is 16.5. The number of sulfonamides is 1. The van der Waals surface area contributed by atoms with E-state index >= 15 is 0 Å². The first-order valence-electron chi connectivity index (χ1n) is 9.60. The maximum atomic E-state index is 12.7. The Balaban J connectivity index is 1.48. The van der Waals surface area contributed by atoms with Gasteiger partial charge < -0.3 is 14.8 Å². The van der Waals surface area contributed by atoms with E-state index < -0.39 is 10.0 Å². The van der Waals surface area contributed by atoms with E-state index in [4.69, 9.17) is 9.47 Å². The number of hydrogen-bond acceptors (Lipinski definition) is 5. The average Bonchev–Trinajstić information content (AvgIpc) is 3.32. The Morgan fingerprint density at radius 3 is 2.66 bits per heavy atom. The maximum absolute atomic E-state index is 12.7. The third kappa shape index (κ3) is 4.17. The quantitative estimate of drug-likeness (QED) is 0.782. The topological polar surface area (TPSA) is 84.9 Å². The summed E-state index contributed by atoms with van der Waals surface area (Å²) in [7, 11) is -3.66. The molecule has 4 rings (SSSR count). The molecule has 0 fully saturated rings. The highest BCUT2D eigenvalue weighted by atomic mass is 32.2. The maximum Gasteiger partial charge on any atom is 0.241 e. The molecule has 154 valence electrons. The van der Waals surface area contributed by atoms with Crippen LogP contribution in [-0.2, 0) is 27.7 Å². The van der Waals surface area contributed by atoms with Gasteiger partial charge in [-0.3, -0.25) is 9.10 Å². The molecule has 0 bridgehead atoms. The molecular weight excluding hydrogens is 392 g/mol. The van der Waals surface area contributed by atoms with E-state index in [1.54, 1.807) is 18.2 Å². The molecule has 1 aliphatic carbocycles. The van der Waals surface area contributed by atoms with E-state index in [1.807, 2.05) is 13.0 Å². The van der Waals surface area contributed by atoms with Crippen molar-refractivity contribution in [3.8, 4) is 11.5 Å². The number of amides is 1. The summed E-state index contributed by atoms with van der Waals surface area (Å²) in [5, 5.41) is 2.91. The molecule has 1 heterocycles. The summed E-state index contributed by atoms with van der Waals surface area (Å²) < 4.78 is 36.3. The predicted octanol–water partition coefficient (Wildman–Crippen LogP) is 2.55. The van der Waals surface area contributed by atoms with Crippen molar-refractivity contribution in [3.63, 3.8) is 0 Å². The smallest absolute Gasteiger partial charge is 0.241 e. The van der Waals surface area contributed by atoms with Gasteiger partial charge in [-0.1, -0.05) is 18.2 Å². The van der Waals surface area contributed by atoms with Crippen LogP contribution in [0.25, 0.3) is 0 Å². The number of hydrogen-bond donors (Lipinski definition) is 1. The molecule has 0 aromatic heterocycles. The minimum Gasteiger partial charge on any atom is -0.454 e. The van der Waals surface area contributed by atoms with Gasteiger partial charge in [0.25, 0.3) is 0 Å². The van der Waals surface area contributed by atoms with Gasteiger partial charge >= 0.3 is 0 Å². The van der Waals surface area contributed by atoms with Crippen LogP contribution >= 0.6 is 0 Å². The Kier molecular flexibility index (Phi) is 5.12. The summed E-state index contributed by atoms with van der Waals surface area (Å²) >= 11 is 0. The molecule has 2 aromatic carbocycles. The van der Waals surface area contributed by atoms with Crippen LogP contribution in [0.5, 0.6) is 11.5 Å². The van der Waals surface area contributed by atoms with Crippen molar-refractivity contribution in [1.29, 1.82) is 0 Å². The van der Waals surface area contributed by atoms with Gasteiger partial charge in [-0.05, 0) is 55.0 Å². The predicted molar refractivity (Wildman–Crippen MR) is 110 cm³/mol. The van der Waals surface area contributed by atoms with E-state index in [-0.39, 0.29) is 25.3 Å². The second-order valence-electron chi connectivity index (χ2n) is 7.48. The van der Waals surface area contributed by atoms with Gasteiger partial charge in [-0.2, -0.15) is 0 Å². The Morgan fingerprint density at radius 2 is 1.86 bits per heavy atom. The van der Waals surface area contributed by atoms with Crippen LogP contribution in [0, 0.1) is 0 Å². The summed E-state index contributed by atoms with van der Waals surface area (Å²) in [6, 6.07) is 10.9. The monoisotopic (exact) mass is 416 g/mol. The number of benzene rings is 2. The van der Waals surface area contributed by atoms with Crippen LogP contribution < -0.4 is 19.1 Å². The highest BCUT2D eigenvalue weighted by Crippen LogP contribution is 2.36. The number of ether oxygens (including phenoxy) is 2. The van der Waals surface area contributed by atoms with Gasteiger partial charge in [-0.25, -0.2) is 8.42 Å². The Bertz CT molecular complexity index is 1050. The second-order valence-corrected chi connectivity index (χ2v) is 9.38. The number of anilines is 1. The fourth-order valence-electron chi connectivity index (χ4n) is 3.80. The lowest BCUT2D eigenvalue weighted by Gasteiger charge is -2.23. The van der Waals surface area contributed by atoms with E-state index in [0.717, 1.165) is 29.0 Å². The Hall–Kier alpha value is -2.74. The number of nitrogens with zero attached hydrogens (tertiary/aromatic N) is 1. The van der Waals surface area contributed by atoms with Crippen molar-refractivity contribution >= 4 is 21.6 Å². The van der Waals surface area contributed by atoms with E-state index in [1.165, 1.54) is 17.5 Å². The van der Waals surface area contributed by atoms with Crippen LogP contribution in [0.15, 0.2) is 36.4 Å². The molecule has 7 nitrogen and oxygen atoms in total. The number of rotatable bonds is 6. The van der Waals surface area contributed by atoms with Crippen LogP contribution in [-0.4, -0.2) is 33.9 Å². The molecule has 1 N–H and O–H groups in total. The van der Waals surface area contributed by atoms with Crippen molar-refractivity contribution in [2.45, 2.75) is 32.2 Å². The van der Waals surface area contributed by atoms with E-state index in [0.29, 0.717) is 17.2 Å². The fourth-order valence-corrected chi connectivity index (χ4v) is 4.65. The van der Waals surface area contributed by atoms with Crippen molar-refractivity contribution in [3.05, 3.63) is 53.1 Å². The number of carbonyl (C=O) groups is 1. The van der Waals surface area contributed by atoms with Crippen LogP contribution in [0.4, 0.5) is 5.69 Å². The summed E-state index contributed by atoms with van der Waals surface area (Å²) in [5.41, 5.74) is 4.09. The molecule has 0 saturated carbocycles. The van der Waals surface area contributed by atoms with Crippen LogP contribution in [0.1, 0.15) is 36.1 Å². The third-order valence-corrected chi connectivity index (χ3v) is 6.47. The van der Waals surface area contributed by atoms with Crippen LogP contribution in [0.2, 0.25) is 0 Å². The minimum absolute atomic E-state index is 0.0937. The molecule has 8 heteroatoms. The molecule has 2 aromatic rings. The zero-order valence-corrected chi connectivity index (χ0v) is 17.3. The molecule has 1 atom stereocenters. The Labute approximate surface area is 170 Å². The highest BCUT2D eigenvalue weighted by Gasteiger charge is 2.24. The molecule has 1 aliphatic heterocycles. The number of nitrogens with one attached hydrogen (secondary N) is 1. The van der Waals surface area contributed by atoms with Gasteiger partial charge in [0, 0.05) is 6.07 Å². The first-order valence-corrected chi connectivity index (χ1v) is 11.4. The summed E-state index contributed by atoms with van der Waals surface area (Å²) in [4.78, 5) is 12.7. The molecule has 0 spiro atoms. The first-order chi connectivity index (χ1) is 13.8. The molecule has 2 aliphatic rings. The van der Waals surface area contributed by atoms with Gasteiger partial charge in [0.15, 0.2) is 11.5 Å². The lowest BCUT2D eigenvalue weighted by atomic mass is 10.0. The highest BCUT2D eigenvalue weighted by molar-refractivity contribution is 7.92. The van der Waals surface area contributed by atoms with Gasteiger partial charge in [0.1, 0.15) is 6.54 Å². The normalized spacial score (nSPS) is 15.7. The number of fused-ring (bicyclic) bond motifs is 2. The standard InChI is InChI=1S/C21H24N2O5S/c1-14(16-7-6-15-4-3-5-17(15)10-16)22-21(24)12-23(29(2,25)26)18-8-9-19-20(11-18)28-13-27-19/h6-11,14H,3-5,12-13H2,1-2H3,(H,22,24)/t14-/m0/s1.